The SMILES string of the molecule is C=CCn1c(SCC(=O)Nc2ccccc2C(=O)OCC)nnc1-c1ccc(Cl)cc1. The maximum Gasteiger partial charge on any atom is 0.340 e. The van der Waals surface area contributed by atoms with Crippen molar-refractivity contribution >= 4 is 40.9 Å². The molecule has 0 aliphatic carbocycles. The number of para-hydroxylation sites is 1. The molecular weight excluding hydrogens is 436 g/mol. The van der Waals surface area contributed by atoms with Crippen LogP contribution in [-0.2, 0) is 16.1 Å². The fourth-order valence-electron chi connectivity index (χ4n) is 2.80. The maximum absolute atomic E-state index is 12.5. The van der Waals surface area contributed by atoms with E-state index in [-0.39, 0.29) is 18.3 Å². The van der Waals surface area contributed by atoms with Gasteiger partial charge in [0.25, 0.3) is 0 Å². The number of ether oxygens (including phenoxy) is 1. The first kappa shape index (κ1) is 22.6. The van der Waals surface area contributed by atoms with Gasteiger partial charge in [0.2, 0.25) is 5.91 Å². The molecule has 0 unspecified atom stereocenters. The van der Waals surface area contributed by atoms with Crippen LogP contribution in [0.3, 0.4) is 0 Å². The first-order valence-electron chi connectivity index (χ1n) is 9.52. The Kier molecular flexibility index (Phi) is 7.86. The number of amides is 1. The zero-order valence-electron chi connectivity index (χ0n) is 16.9. The third kappa shape index (κ3) is 5.74. The number of benzene rings is 2. The van der Waals surface area contributed by atoms with Gasteiger partial charge >= 0.3 is 5.97 Å². The molecule has 2 aromatic carbocycles. The highest BCUT2D eigenvalue weighted by Crippen LogP contribution is 2.25. The van der Waals surface area contributed by atoms with Crippen LogP contribution in [0.4, 0.5) is 5.69 Å². The van der Waals surface area contributed by atoms with Crippen LogP contribution >= 0.6 is 23.4 Å². The van der Waals surface area contributed by atoms with Gasteiger partial charge in [0, 0.05) is 17.1 Å². The Hall–Kier alpha value is -3.10. The van der Waals surface area contributed by atoms with Crippen LogP contribution in [0.1, 0.15) is 17.3 Å². The number of anilines is 1. The number of nitrogens with one attached hydrogen (secondary N) is 1. The molecule has 1 amide bonds. The van der Waals surface area contributed by atoms with Gasteiger partial charge in [-0.05, 0) is 43.3 Å². The van der Waals surface area contributed by atoms with Gasteiger partial charge in [-0.25, -0.2) is 4.79 Å². The number of halogens is 1. The summed E-state index contributed by atoms with van der Waals surface area (Å²) in [5.41, 5.74) is 1.57. The van der Waals surface area contributed by atoms with Crippen molar-refractivity contribution in [1.82, 2.24) is 14.8 Å². The van der Waals surface area contributed by atoms with Crippen LogP contribution in [-0.4, -0.2) is 39.0 Å². The topological polar surface area (TPSA) is 86.1 Å². The third-order valence-electron chi connectivity index (χ3n) is 4.16. The summed E-state index contributed by atoms with van der Waals surface area (Å²) >= 11 is 7.21. The Bertz CT molecular complexity index is 1080. The van der Waals surface area contributed by atoms with Crippen molar-refractivity contribution in [2.75, 3.05) is 17.7 Å². The summed E-state index contributed by atoms with van der Waals surface area (Å²) in [7, 11) is 0. The second kappa shape index (κ2) is 10.8. The summed E-state index contributed by atoms with van der Waals surface area (Å²) in [4.78, 5) is 24.6. The van der Waals surface area contributed by atoms with E-state index in [1.807, 2.05) is 16.7 Å². The van der Waals surface area contributed by atoms with E-state index in [1.165, 1.54) is 11.8 Å². The molecule has 0 bridgehead atoms. The summed E-state index contributed by atoms with van der Waals surface area (Å²) in [6.07, 6.45) is 1.74. The molecule has 0 saturated carbocycles. The fourth-order valence-corrected chi connectivity index (χ4v) is 3.67. The normalized spacial score (nSPS) is 10.5. The van der Waals surface area contributed by atoms with Crippen LogP contribution in [0, 0.1) is 0 Å². The molecular formula is C22H21ClN4O3S. The Morgan fingerprint density at radius 2 is 1.94 bits per heavy atom. The average Bonchev–Trinajstić information content (AvgIpc) is 3.16. The highest BCUT2D eigenvalue weighted by Gasteiger charge is 2.17. The van der Waals surface area contributed by atoms with Crippen LogP contribution in [0.25, 0.3) is 11.4 Å². The summed E-state index contributed by atoms with van der Waals surface area (Å²) < 4.78 is 6.92. The smallest absolute Gasteiger partial charge is 0.340 e. The minimum atomic E-state index is -0.482. The Morgan fingerprint density at radius 3 is 2.65 bits per heavy atom. The van der Waals surface area contributed by atoms with Gasteiger partial charge in [-0.1, -0.05) is 41.6 Å². The summed E-state index contributed by atoms with van der Waals surface area (Å²) in [5, 5.41) is 12.5. The number of carbonyl (C=O) groups excluding carboxylic acids is 2. The van der Waals surface area contributed by atoms with Gasteiger partial charge < -0.3 is 10.1 Å². The van der Waals surface area contributed by atoms with Crippen LogP contribution in [0.2, 0.25) is 5.02 Å². The number of thioether (sulfide) groups is 1. The van der Waals surface area contributed by atoms with Crippen LogP contribution < -0.4 is 5.32 Å². The molecule has 3 aromatic rings. The fraction of sp³-hybridized carbons (Fsp3) is 0.182. The number of allylic oxidation sites excluding steroid dienone is 1. The molecule has 160 valence electrons. The Morgan fingerprint density at radius 1 is 1.19 bits per heavy atom. The molecule has 1 heterocycles. The minimum absolute atomic E-state index is 0.0903. The minimum Gasteiger partial charge on any atom is -0.462 e. The lowest BCUT2D eigenvalue weighted by atomic mass is 10.2. The molecule has 31 heavy (non-hydrogen) atoms. The maximum atomic E-state index is 12.5. The van der Waals surface area contributed by atoms with Crippen molar-refractivity contribution < 1.29 is 14.3 Å². The molecule has 1 aromatic heterocycles. The van der Waals surface area contributed by atoms with Gasteiger partial charge in [-0.15, -0.1) is 16.8 Å². The highest BCUT2D eigenvalue weighted by molar-refractivity contribution is 7.99. The van der Waals surface area contributed by atoms with Gasteiger partial charge in [0.1, 0.15) is 0 Å². The van der Waals surface area contributed by atoms with Crippen molar-refractivity contribution in [3.63, 3.8) is 0 Å². The van der Waals surface area contributed by atoms with E-state index in [0.29, 0.717) is 33.8 Å². The number of rotatable bonds is 9. The van der Waals surface area contributed by atoms with E-state index in [1.54, 1.807) is 49.4 Å². The van der Waals surface area contributed by atoms with E-state index in [9.17, 15) is 9.59 Å². The van der Waals surface area contributed by atoms with Gasteiger partial charge in [-0.2, -0.15) is 0 Å². The number of nitrogens with zero attached hydrogens (tertiary/aromatic N) is 3. The molecule has 0 spiro atoms. The number of hydrogen-bond donors (Lipinski definition) is 1. The first-order chi connectivity index (χ1) is 15.0. The largest absolute Gasteiger partial charge is 0.462 e. The number of esters is 1. The molecule has 1 N–H and O–H groups in total. The van der Waals surface area contributed by atoms with E-state index in [4.69, 9.17) is 16.3 Å². The van der Waals surface area contributed by atoms with Crippen LogP contribution in [0.5, 0.6) is 0 Å². The Labute approximate surface area is 189 Å². The molecule has 9 heteroatoms. The van der Waals surface area contributed by atoms with Gasteiger partial charge in [0.15, 0.2) is 11.0 Å². The van der Waals surface area contributed by atoms with Crippen molar-refractivity contribution in [3.05, 3.63) is 71.8 Å². The predicted octanol–water partition coefficient (Wildman–Crippen LogP) is 4.69. The lowest BCUT2D eigenvalue weighted by Crippen LogP contribution is -2.17. The van der Waals surface area contributed by atoms with Crippen molar-refractivity contribution in [1.29, 1.82) is 0 Å². The van der Waals surface area contributed by atoms with Gasteiger partial charge in [-0.3, -0.25) is 9.36 Å². The zero-order valence-corrected chi connectivity index (χ0v) is 18.4. The molecule has 0 radical (unpaired) electrons. The number of hydrogen-bond acceptors (Lipinski definition) is 6. The molecule has 0 atom stereocenters. The van der Waals surface area contributed by atoms with E-state index < -0.39 is 5.97 Å². The molecule has 7 nitrogen and oxygen atoms in total. The van der Waals surface area contributed by atoms with E-state index in [0.717, 1.165) is 5.56 Å². The number of carbonyl (C=O) groups is 2. The van der Waals surface area contributed by atoms with Crippen molar-refractivity contribution in [3.8, 4) is 11.4 Å². The second-order valence-corrected chi connectivity index (χ2v) is 7.69. The average molecular weight is 457 g/mol. The zero-order chi connectivity index (χ0) is 22.2. The van der Waals surface area contributed by atoms with E-state index >= 15 is 0 Å². The van der Waals surface area contributed by atoms with Crippen molar-refractivity contribution in [2.24, 2.45) is 0 Å². The summed E-state index contributed by atoms with van der Waals surface area (Å²) in [6, 6.07) is 14.0. The Balaban J connectivity index is 1.72. The molecule has 0 saturated heterocycles. The monoisotopic (exact) mass is 456 g/mol. The summed E-state index contributed by atoms with van der Waals surface area (Å²) in [6.45, 7) is 6.26. The predicted molar refractivity (Wildman–Crippen MR) is 122 cm³/mol. The van der Waals surface area contributed by atoms with Crippen molar-refractivity contribution in [2.45, 2.75) is 18.6 Å². The van der Waals surface area contributed by atoms with Crippen LogP contribution in [0.15, 0.2) is 66.3 Å². The van der Waals surface area contributed by atoms with Gasteiger partial charge in [0.05, 0.1) is 23.6 Å². The lowest BCUT2D eigenvalue weighted by molar-refractivity contribution is -0.113. The first-order valence-corrected chi connectivity index (χ1v) is 10.9. The lowest BCUT2D eigenvalue weighted by Gasteiger charge is -2.11. The standard InChI is InChI=1S/C22H21ClN4O3S/c1-3-13-27-20(15-9-11-16(23)12-10-15)25-26-22(27)31-14-19(28)24-18-8-6-5-7-17(18)21(29)30-4-2/h3,5-12H,1,4,13-14H2,2H3,(H,24,28). The van der Waals surface area contributed by atoms with E-state index in [2.05, 4.69) is 22.1 Å². The molecule has 0 aliphatic rings. The quantitative estimate of drug-likeness (QED) is 0.285. The third-order valence-corrected chi connectivity index (χ3v) is 5.38. The highest BCUT2D eigenvalue weighted by atomic mass is 35.5. The molecule has 0 fully saturated rings. The second-order valence-electron chi connectivity index (χ2n) is 6.32. The number of aromatic nitrogens is 3. The summed E-state index contributed by atoms with van der Waals surface area (Å²) in [5.74, 6) is -0.00739. The molecule has 3 rings (SSSR count). The molecule has 0 aliphatic heterocycles.